The van der Waals surface area contributed by atoms with Crippen molar-refractivity contribution < 1.29 is 17.9 Å². The molecule has 0 spiro atoms. The zero-order valence-electron chi connectivity index (χ0n) is 10.7. The Labute approximate surface area is 117 Å². The summed E-state index contributed by atoms with van der Waals surface area (Å²) in [5, 5.41) is 2.79. The van der Waals surface area contributed by atoms with Gasteiger partial charge in [0.2, 0.25) is 0 Å². The predicted molar refractivity (Wildman–Crippen MR) is 72.9 cm³/mol. The molecule has 0 radical (unpaired) electrons. The highest BCUT2D eigenvalue weighted by molar-refractivity contribution is 8.13. The van der Waals surface area contributed by atoms with Gasteiger partial charge in [0.15, 0.2) is 0 Å². The Kier molecular flexibility index (Phi) is 5.78. The van der Waals surface area contributed by atoms with Gasteiger partial charge in [-0.25, -0.2) is 8.42 Å². The van der Waals surface area contributed by atoms with Crippen LogP contribution >= 0.6 is 10.7 Å². The van der Waals surface area contributed by atoms with Crippen molar-refractivity contribution in [2.24, 2.45) is 0 Å². The maximum atomic E-state index is 11.8. The maximum absolute atomic E-state index is 11.8. The number of benzene rings is 1. The number of ether oxygens (including phenoxy) is 1. The van der Waals surface area contributed by atoms with Crippen LogP contribution in [-0.2, 0) is 13.8 Å². The molecule has 1 amide bonds. The molecule has 0 aliphatic rings. The van der Waals surface area contributed by atoms with Gasteiger partial charge in [-0.1, -0.05) is 0 Å². The maximum Gasteiger partial charge on any atom is 0.261 e. The van der Waals surface area contributed by atoms with Crippen molar-refractivity contribution in [1.82, 2.24) is 5.32 Å². The van der Waals surface area contributed by atoms with Gasteiger partial charge in [0.1, 0.15) is 0 Å². The van der Waals surface area contributed by atoms with E-state index < -0.39 is 9.05 Å². The monoisotopic (exact) mass is 305 g/mol. The lowest BCUT2D eigenvalue weighted by Gasteiger charge is -2.13. The van der Waals surface area contributed by atoms with Crippen LogP contribution in [0, 0.1) is 0 Å². The summed E-state index contributed by atoms with van der Waals surface area (Å²) >= 11 is 0. The van der Waals surface area contributed by atoms with Crippen LogP contribution in [-0.4, -0.2) is 34.1 Å². The van der Waals surface area contributed by atoms with Crippen molar-refractivity contribution in [1.29, 1.82) is 0 Å². The summed E-state index contributed by atoms with van der Waals surface area (Å²) in [6.45, 7) is 2.43. The van der Waals surface area contributed by atoms with Gasteiger partial charge < -0.3 is 10.1 Å². The van der Waals surface area contributed by atoms with Crippen molar-refractivity contribution in [2.45, 2.75) is 24.3 Å². The van der Waals surface area contributed by atoms with E-state index in [1.807, 2.05) is 6.92 Å². The fraction of sp³-hybridized carbons (Fsp3) is 0.417. The van der Waals surface area contributed by atoms with Crippen LogP contribution in [0.3, 0.4) is 0 Å². The molecule has 0 saturated carbocycles. The average Bonchev–Trinajstić information content (AvgIpc) is 2.35. The standard InChI is InChI=1S/C12H16ClNO4S/c1-9(7-8-18-2)14-12(15)10-3-5-11(6-4-10)19(13,16)17/h3-6,9H,7-8H2,1-2H3,(H,14,15). The molecule has 1 unspecified atom stereocenters. The molecule has 0 aliphatic heterocycles. The van der Waals surface area contributed by atoms with Gasteiger partial charge in [-0.2, -0.15) is 0 Å². The van der Waals surface area contributed by atoms with Crippen LogP contribution in [0.25, 0.3) is 0 Å². The minimum absolute atomic E-state index is 0.0242. The summed E-state index contributed by atoms with van der Waals surface area (Å²) in [5.74, 6) is -0.262. The number of hydrogen-bond donors (Lipinski definition) is 1. The number of carbonyl (C=O) groups excluding carboxylic acids is 1. The zero-order valence-corrected chi connectivity index (χ0v) is 12.3. The fourth-order valence-corrected chi connectivity index (χ4v) is 2.21. The number of nitrogens with one attached hydrogen (secondary N) is 1. The predicted octanol–water partition coefficient (Wildman–Crippen LogP) is 1.77. The molecule has 1 N–H and O–H groups in total. The Balaban J connectivity index is 2.68. The number of hydrogen-bond acceptors (Lipinski definition) is 4. The second-order valence-electron chi connectivity index (χ2n) is 4.12. The second kappa shape index (κ2) is 6.88. The lowest BCUT2D eigenvalue weighted by atomic mass is 10.2. The quantitative estimate of drug-likeness (QED) is 0.813. The topological polar surface area (TPSA) is 72.5 Å². The molecule has 1 atom stereocenters. The highest BCUT2D eigenvalue weighted by atomic mass is 35.7. The van der Waals surface area contributed by atoms with E-state index in [1.54, 1.807) is 7.11 Å². The van der Waals surface area contributed by atoms with Gasteiger partial charge in [0.05, 0.1) is 4.90 Å². The van der Waals surface area contributed by atoms with Gasteiger partial charge in [-0.05, 0) is 37.6 Å². The average molecular weight is 306 g/mol. The first kappa shape index (κ1) is 15.9. The van der Waals surface area contributed by atoms with E-state index in [4.69, 9.17) is 15.4 Å². The first-order valence-electron chi connectivity index (χ1n) is 5.69. The summed E-state index contributed by atoms with van der Waals surface area (Å²) in [6, 6.07) is 5.43. The Morgan fingerprint density at radius 3 is 2.42 bits per heavy atom. The molecule has 1 aromatic carbocycles. The van der Waals surface area contributed by atoms with Crippen molar-refractivity contribution >= 4 is 25.6 Å². The molecule has 0 fully saturated rings. The van der Waals surface area contributed by atoms with E-state index in [1.165, 1.54) is 24.3 Å². The molecule has 7 heteroatoms. The van der Waals surface area contributed by atoms with Gasteiger partial charge in [0, 0.05) is 36.0 Å². The lowest BCUT2D eigenvalue weighted by molar-refractivity contribution is 0.0929. The van der Waals surface area contributed by atoms with Crippen LogP contribution in [0.5, 0.6) is 0 Å². The van der Waals surface area contributed by atoms with Gasteiger partial charge in [0.25, 0.3) is 15.0 Å². The first-order valence-corrected chi connectivity index (χ1v) is 8.00. The van der Waals surface area contributed by atoms with Crippen molar-refractivity contribution in [3.05, 3.63) is 29.8 Å². The molecule has 106 valence electrons. The summed E-state index contributed by atoms with van der Waals surface area (Å²) in [5.41, 5.74) is 0.383. The molecule has 19 heavy (non-hydrogen) atoms. The van der Waals surface area contributed by atoms with Gasteiger partial charge in [-0.3, -0.25) is 4.79 Å². The fourth-order valence-electron chi connectivity index (χ4n) is 1.44. The van der Waals surface area contributed by atoms with Gasteiger partial charge >= 0.3 is 0 Å². The van der Waals surface area contributed by atoms with E-state index in [-0.39, 0.29) is 16.8 Å². The van der Waals surface area contributed by atoms with E-state index in [9.17, 15) is 13.2 Å². The summed E-state index contributed by atoms with van der Waals surface area (Å²) in [7, 11) is 3.03. The van der Waals surface area contributed by atoms with E-state index in [0.717, 1.165) is 0 Å². The zero-order chi connectivity index (χ0) is 14.5. The van der Waals surface area contributed by atoms with Crippen LogP contribution < -0.4 is 5.32 Å². The van der Waals surface area contributed by atoms with Crippen LogP contribution in [0.15, 0.2) is 29.2 Å². The number of carbonyl (C=O) groups is 1. The Morgan fingerprint density at radius 1 is 1.37 bits per heavy atom. The van der Waals surface area contributed by atoms with E-state index in [0.29, 0.717) is 18.6 Å². The van der Waals surface area contributed by atoms with Crippen molar-refractivity contribution in [2.75, 3.05) is 13.7 Å². The molecule has 0 bridgehead atoms. The molecule has 1 aromatic rings. The number of rotatable bonds is 6. The molecule has 1 rings (SSSR count). The van der Waals surface area contributed by atoms with Crippen LogP contribution in [0.4, 0.5) is 0 Å². The highest BCUT2D eigenvalue weighted by Crippen LogP contribution is 2.15. The molecular formula is C12H16ClNO4S. The minimum Gasteiger partial charge on any atom is -0.385 e. The molecule has 0 saturated heterocycles. The third-order valence-corrected chi connectivity index (χ3v) is 3.90. The lowest BCUT2D eigenvalue weighted by Crippen LogP contribution is -2.33. The van der Waals surface area contributed by atoms with Crippen LogP contribution in [0.2, 0.25) is 0 Å². The largest absolute Gasteiger partial charge is 0.385 e. The van der Waals surface area contributed by atoms with Gasteiger partial charge in [-0.15, -0.1) is 0 Å². The van der Waals surface area contributed by atoms with Crippen molar-refractivity contribution in [3.63, 3.8) is 0 Å². The second-order valence-corrected chi connectivity index (χ2v) is 6.68. The third kappa shape index (κ3) is 5.18. The molecule has 5 nitrogen and oxygen atoms in total. The third-order valence-electron chi connectivity index (χ3n) is 2.53. The number of methoxy groups -OCH3 is 1. The summed E-state index contributed by atoms with van der Waals surface area (Å²) in [6.07, 6.45) is 0.705. The number of amides is 1. The van der Waals surface area contributed by atoms with Crippen molar-refractivity contribution in [3.8, 4) is 0 Å². The highest BCUT2D eigenvalue weighted by Gasteiger charge is 2.13. The smallest absolute Gasteiger partial charge is 0.261 e. The Hall–Kier alpha value is -1.11. The first-order chi connectivity index (χ1) is 8.84. The SMILES string of the molecule is COCCC(C)NC(=O)c1ccc(S(=O)(=O)Cl)cc1. The number of halogens is 1. The molecular weight excluding hydrogens is 290 g/mol. The Bertz CT molecular complexity index is 527. The normalized spacial score (nSPS) is 13.0. The summed E-state index contributed by atoms with van der Waals surface area (Å²) in [4.78, 5) is 11.8. The molecule has 0 aliphatic carbocycles. The molecule has 0 aromatic heterocycles. The molecule has 0 heterocycles. The Morgan fingerprint density at radius 2 is 1.95 bits per heavy atom. The summed E-state index contributed by atoms with van der Waals surface area (Å²) < 4.78 is 27.0. The van der Waals surface area contributed by atoms with E-state index in [2.05, 4.69) is 5.32 Å². The van der Waals surface area contributed by atoms with E-state index >= 15 is 0 Å². The minimum atomic E-state index is -3.76. The van der Waals surface area contributed by atoms with Crippen LogP contribution in [0.1, 0.15) is 23.7 Å².